The Balaban J connectivity index is 1.91. The Bertz CT molecular complexity index is 987. The molecule has 3 aromatic carbocycles. The molecule has 4 rings (SSSR count). The van der Waals surface area contributed by atoms with E-state index in [0.717, 1.165) is 22.5 Å². The van der Waals surface area contributed by atoms with Crippen LogP contribution in [0.3, 0.4) is 0 Å². The van der Waals surface area contributed by atoms with Crippen molar-refractivity contribution in [3.63, 3.8) is 0 Å². The molecule has 0 unspecified atom stereocenters. The first-order valence-electron chi connectivity index (χ1n) is 9.52. The minimum atomic E-state index is -0.699. The van der Waals surface area contributed by atoms with Crippen molar-refractivity contribution in [2.45, 2.75) is 24.8 Å². The monoisotopic (exact) mass is 390 g/mol. The molecule has 0 spiro atoms. The van der Waals surface area contributed by atoms with Gasteiger partial charge in [-0.15, -0.1) is 0 Å². The van der Waals surface area contributed by atoms with Crippen LogP contribution in [0.15, 0.2) is 78.9 Å². The second-order valence-corrected chi connectivity index (χ2v) is 7.64. The Hall–Kier alpha value is -2.78. The Labute approximate surface area is 171 Å². The molecule has 4 heteroatoms. The molecular weight excluding hydrogens is 368 g/mol. The summed E-state index contributed by atoms with van der Waals surface area (Å²) in [5.74, 6) is 0.111. The molecular formula is C24H23ClN2O. The summed E-state index contributed by atoms with van der Waals surface area (Å²) in [6.07, 6.45) is 0.681. The maximum absolute atomic E-state index is 13.6. The molecule has 3 nitrogen and oxygen atoms in total. The van der Waals surface area contributed by atoms with Gasteiger partial charge in [-0.2, -0.15) is 0 Å². The van der Waals surface area contributed by atoms with E-state index in [1.807, 2.05) is 79.8 Å². The standard InChI is InChI=1S/C24H23ClN2O/c1-3-24(20-11-7-8-12-21(20)27(2)23(24)28)22(17-13-15-18(25)16-14-17)26-19-9-5-4-6-10-19/h4-16,22,26H,3H2,1-2H3/t22-,24+/m0/s1. The van der Waals surface area contributed by atoms with Crippen molar-refractivity contribution >= 4 is 28.9 Å². The highest BCUT2D eigenvalue weighted by atomic mass is 35.5. The van der Waals surface area contributed by atoms with Gasteiger partial charge < -0.3 is 10.2 Å². The summed E-state index contributed by atoms with van der Waals surface area (Å²) in [5.41, 5.74) is 3.36. The highest BCUT2D eigenvalue weighted by Crippen LogP contribution is 2.51. The molecule has 0 aromatic heterocycles. The fraction of sp³-hybridized carbons (Fsp3) is 0.208. The highest BCUT2D eigenvalue weighted by molar-refractivity contribution is 6.30. The number of hydrogen-bond donors (Lipinski definition) is 1. The van der Waals surface area contributed by atoms with Gasteiger partial charge in [-0.05, 0) is 47.9 Å². The van der Waals surface area contributed by atoms with Crippen molar-refractivity contribution in [2.24, 2.45) is 0 Å². The van der Waals surface area contributed by atoms with Gasteiger partial charge in [0, 0.05) is 23.4 Å². The molecule has 0 bridgehead atoms. The first-order chi connectivity index (χ1) is 13.6. The maximum atomic E-state index is 13.6. The second-order valence-electron chi connectivity index (χ2n) is 7.20. The summed E-state index contributed by atoms with van der Waals surface area (Å²) in [6, 6.07) is 25.7. The van der Waals surface area contributed by atoms with Crippen molar-refractivity contribution in [2.75, 3.05) is 17.3 Å². The topological polar surface area (TPSA) is 32.3 Å². The summed E-state index contributed by atoms with van der Waals surface area (Å²) < 4.78 is 0. The van der Waals surface area contributed by atoms with Crippen LogP contribution in [0.2, 0.25) is 5.02 Å². The molecule has 28 heavy (non-hydrogen) atoms. The van der Waals surface area contributed by atoms with E-state index in [2.05, 4.69) is 18.3 Å². The van der Waals surface area contributed by atoms with Gasteiger partial charge in [0.2, 0.25) is 5.91 Å². The average molecular weight is 391 g/mol. The summed E-state index contributed by atoms with van der Waals surface area (Å²) in [6.45, 7) is 2.09. The van der Waals surface area contributed by atoms with Crippen molar-refractivity contribution in [3.05, 3.63) is 95.0 Å². The van der Waals surface area contributed by atoms with Crippen molar-refractivity contribution in [1.82, 2.24) is 0 Å². The molecule has 0 radical (unpaired) electrons. The lowest BCUT2D eigenvalue weighted by Gasteiger charge is -2.37. The number of benzene rings is 3. The van der Waals surface area contributed by atoms with Crippen molar-refractivity contribution in [1.29, 1.82) is 0 Å². The number of carbonyl (C=O) groups excluding carboxylic acids is 1. The number of carbonyl (C=O) groups is 1. The Morgan fingerprint density at radius 1 is 0.964 bits per heavy atom. The van der Waals surface area contributed by atoms with Crippen LogP contribution in [-0.4, -0.2) is 13.0 Å². The number of likely N-dealkylation sites (N-methyl/N-ethyl adjacent to an activating group) is 1. The van der Waals surface area contributed by atoms with Gasteiger partial charge in [0.05, 0.1) is 6.04 Å². The lowest BCUT2D eigenvalue weighted by atomic mass is 9.70. The van der Waals surface area contributed by atoms with E-state index in [1.165, 1.54) is 0 Å². The van der Waals surface area contributed by atoms with E-state index < -0.39 is 5.41 Å². The molecule has 3 aromatic rings. The predicted octanol–water partition coefficient (Wildman–Crippen LogP) is 5.82. The van der Waals surface area contributed by atoms with Crippen LogP contribution in [0.4, 0.5) is 11.4 Å². The smallest absolute Gasteiger partial charge is 0.239 e. The molecule has 0 aliphatic carbocycles. The zero-order valence-electron chi connectivity index (χ0n) is 16.0. The molecule has 1 aliphatic heterocycles. The van der Waals surface area contributed by atoms with E-state index in [1.54, 1.807) is 4.90 Å². The summed E-state index contributed by atoms with van der Waals surface area (Å²) in [7, 11) is 1.86. The number of amides is 1. The maximum Gasteiger partial charge on any atom is 0.239 e. The highest BCUT2D eigenvalue weighted by Gasteiger charge is 2.54. The summed E-state index contributed by atoms with van der Waals surface area (Å²) in [5, 5.41) is 4.33. The third-order valence-electron chi connectivity index (χ3n) is 5.77. The van der Waals surface area contributed by atoms with Crippen LogP contribution in [0.5, 0.6) is 0 Å². The minimum absolute atomic E-state index is 0.111. The van der Waals surface area contributed by atoms with E-state index in [9.17, 15) is 4.79 Å². The lowest BCUT2D eigenvalue weighted by Crippen LogP contribution is -2.45. The van der Waals surface area contributed by atoms with Crippen LogP contribution in [0, 0.1) is 0 Å². The zero-order valence-corrected chi connectivity index (χ0v) is 16.8. The number of fused-ring (bicyclic) bond motifs is 1. The number of halogens is 1. The fourth-order valence-corrected chi connectivity index (χ4v) is 4.47. The summed E-state index contributed by atoms with van der Waals surface area (Å²) >= 11 is 6.14. The van der Waals surface area contributed by atoms with Gasteiger partial charge in [-0.3, -0.25) is 4.79 Å². The van der Waals surface area contributed by atoms with E-state index in [-0.39, 0.29) is 11.9 Å². The third kappa shape index (κ3) is 2.87. The first-order valence-corrected chi connectivity index (χ1v) is 9.90. The molecule has 1 N–H and O–H groups in total. The number of nitrogens with zero attached hydrogens (tertiary/aromatic N) is 1. The second kappa shape index (κ2) is 7.33. The van der Waals surface area contributed by atoms with Gasteiger partial charge in [-0.25, -0.2) is 0 Å². The Morgan fingerprint density at radius 3 is 2.29 bits per heavy atom. The molecule has 1 heterocycles. The molecule has 1 amide bonds. The lowest BCUT2D eigenvalue weighted by molar-refractivity contribution is -0.123. The molecule has 0 saturated heterocycles. The molecule has 2 atom stereocenters. The summed E-state index contributed by atoms with van der Waals surface area (Å²) in [4.78, 5) is 15.4. The SMILES string of the molecule is CC[C@@]1([C@@H](Nc2ccccc2)c2ccc(Cl)cc2)C(=O)N(C)c2ccccc21. The van der Waals surface area contributed by atoms with E-state index in [0.29, 0.717) is 11.4 Å². The molecule has 1 aliphatic rings. The van der Waals surface area contributed by atoms with Crippen LogP contribution in [0.25, 0.3) is 0 Å². The van der Waals surface area contributed by atoms with Gasteiger partial charge in [0.1, 0.15) is 5.41 Å². The first kappa shape index (κ1) is 18.6. The zero-order chi connectivity index (χ0) is 19.7. The Morgan fingerprint density at radius 2 is 1.61 bits per heavy atom. The predicted molar refractivity (Wildman–Crippen MR) is 116 cm³/mol. The number of anilines is 2. The van der Waals surface area contributed by atoms with Crippen LogP contribution in [0.1, 0.15) is 30.5 Å². The minimum Gasteiger partial charge on any atom is -0.377 e. The average Bonchev–Trinajstić information content (AvgIpc) is 2.96. The fourth-order valence-electron chi connectivity index (χ4n) is 4.34. The third-order valence-corrected chi connectivity index (χ3v) is 6.02. The van der Waals surface area contributed by atoms with Gasteiger partial charge in [0.15, 0.2) is 0 Å². The van der Waals surface area contributed by atoms with Gasteiger partial charge in [-0.1, -0.05) is 67.1 Å². The van der Waals surface area contributed by atoms with Gasteiger partial charge in [0.25, 0.3) is 0 Å². The number of rotatable bonds is 5. The largest absolute Gasteiger partial charge is 0.377 e. The van der Waals surface area contributed by atoms with Crippen LogP contribution < -0.4 is 10.2 Å². The molecule has 0 fully saturated rings. The van der Waals surface area contributed by atoms with Crippen LogP contribution in [-0.2, 0) is 10.2 Å². The quantitative estimate of drug-likeness (QED) is 0.595. The number of hydrogen-bond acceptors (Lipinski definition) is 2. The normalized spacial score (nSPS) is 19.4. The van der Waals surface area contributed by atoms with Gasteiger partial charge >= 0.3 is 0 Å². The van der Waals surface area contributed by atoms with E-state index >= 15 is 0 Å². The van der Waals surface area contributed by atoms with E-state index in [4.69, 9.17) is 11.6 Å². The number of nitrogens with one attached hydrogen (secondary N) is 1. The molecule has 0 saturated carbocycles. The Kier molecular flexibility index (Phi) is 4.86. The van der Waals surface area contributed by atoms with Crippen LogP contribution >= 0.6 is 11.6 Å². The number of para-hydroxylation sites is 2. The van der Waals surface area contributed by atoms with Crippen molar-refractivity contribution < 1.29 is 4.79 Å². The molecule has 142 valence electrons. The van der Waals surface area contributed by atoms with Crippen molar-refractivity contribution in [3.8, 4) is 0 Å².